The van der Waals surface area contributed by atoms with Crippen LogP contribution in [0.4, 0.5) is 0 Å². The molecule has 5 heteroatoms. The Morgan fingerprint density at radius 2 is 1.76 bits per heavy atom. The van der Waals surface area contributed by atoms with Crippen molar-refractivity contribution in [2.24, 2.45) is 0 Å². The van der Waals surface area contributed by atoms with E-state index in [1.165, 1.54) is 33.8 Å². The summed E-state index contributed by atoms with van der Waals surface area (Å²) in [4.78, 5) is 12.5. The van der Waals surface area contributed by atoms with Crippen LogP contribution in [-0.2, 0) is 10.2 Å². The molecule has 0 bridgehead atoms. The van der Waals surface area contributed by atoms with Gasteiger partial charge in [0.2, 0.25) is 0 Å². The van der Waals surface area contributed by atoms with Gasteiger partial charge in [-0.1, -0.05) is 68.2 Å². The Morgan fingerprint density at radius 3 is 2.55 bits per heavy atom. The Labute approximate surface area is 179 Å². The molecule has 0 aliphatic carbocycles. The van der Waals surface area contributed by atoms with Crippen LogP contribution in [0.1, 0.15) is 25.0 Å². The van der Waals surface area contributed by atoms with Gasteiger partial charge in [0.15, 0.2) is 0 Å². The molecule has 1 amide bonds. The van der Waals surface area contributed by atoms with E-state index in [1.54, 1.807) is 0 Å². The smallest absolute Gasteiger partial charge is 0.263 e. The molecule has 0 spiro atoms. The van der Waals surface area contributed by atoms with Gasteiger partial charge < -0.3 is 10.1 Å². The maximum Gasteiger partial charge on any atom is 0.263 e. The molecule has 0 saturated carbocycles. The van der Waals surface area contributed by atoms with Gasteiger partial charge in [-0.3, -0.25) is 4.79 Å². The molecule has 0 unspecified atom stereocenters. The van der Waals surface area contributed by atoms with Crippen molar-refractivity contribution in [2.45, 2.75) is 19.3 Å². The second-order valence-corrected chi connectivity index (χ2v) is 9.78. The highest BCUT2D eigenvalue weighted by Gasteiger charge is 2.31. The van der Waals surface area contributed by atoms with Gasteiger partial charge in [0.1, 0.15) is 10.1 Å². The molecule has 3 aromatic carbocycles. The topological polar surface area (TPSA) is 38.3 Å². The number of carbonyl (C=O) groups is 1. The highest BCUT2D eigenvalue weighted by molar-refractivity contribution is 8.26. The number of amides is 1. The van der Waals surface area contributed by atoms with Crippen molar-refractivity contribution in [1.82, 2.24) is 5.32 Å². The summed E-state index contributed by atoms with van der Waals surface area (Å²) >= 11 is 6.36. The van der Waals surface area contributed by atoms with Crippen LogP contribution in [0.5, 0.6) is 5.75 Å². The Balaban J connectivity index is 1.50. The number of thiocarbonyl (C=S) groups is 1. The summed E-state index contributed by atoms with van der Waals surface area (Å²) in [7, 11) is 0. The van der Waals surface area contributed by atoms with Crippen molar-refractivity contribution in [3.05, 3.63) is 70.6 Å². The molecular formula is C24H19NO2S2. The van der Waals surface area contributed by atoms with E-state index in [9.17, 15) is 4.79 Å². The predicted octanol–water partition coefficient (Wildman–Crippen LogP) is 5.67. The van der Waals surface area contributed by atoms with Crippen LogP contribution in [0.2, 0.25) is 0 Å². The van der Waals surface area contributed by atoms with E-state index in [0.717, 1.165) is 23.3 Å². The molecule has 0 aromatic heterocycles. The molecule has 3 aromatic rings. The van der Waals surface area contributed by atoms with Gasteiger partial charge in [0.05, 0.1) is 11.5 Å². The largest absolute Gasteiger partial charge is 0.492 e. The summed E-state index contributed by atoms with van der Waals surface area (Å²) < 4.78 is 6.32. The molecule has 144 valence electrons. The normalized spacial score (nSPS) is 18.8. The minimum absolute atomic E-state index is 0.0391. The molecular weight excluding hydrogens is 398 g/mol. The molecule has 3 nitrogen and oxygen atoms in total. The number of ether oxygens (including phenoxy) is 1. The summed E-state index contributed by atoms with van der Waals surface area (Å²) in [5, 5.41) is 4.96. The highest BCUT2D eigenvalue weighted by atomic mass is 32.2. The molecule has 5 rings (SSSR count). The van der Waals surface area contributed by atoms with Gasteiger partial charge in [-0.25, -0.2) is 0 Å². The van der Waals surface area contributed by atoms with E-state index in [1.807, 2.05) is 12.1 Å². The van der Waals surface area contributed by atoms with Gasteiger partial charge in [-0.2, -0.15) is 0 Å². The van der Waals surface area contributed by atoms with E-state index in [-0.39, 0.29) is 11.3 Å². The lowest BCUT2D eigenvalue weighted by Crippen LogP contribution is -2.18. The molecule has 1 fully saturated rings. The summed E-state index contributed by atoms with van der Waals surface area (Å²) in [6, 6.07) is 19.2. The number of fused-ring (bicyclic) bond motifs is 2. The molecule has 2 heterocycles. The zero-order valence-corrected chi connectivity index (χ0v) is 17.7. The molecule has 0 radical (unpaired) electrons. The van der Waals surface area contributed by atoms with Crippen molar-refractivity contribution < 1.29 is 9.53 Å². The first-order chi connectivity index (χ1) is 13.9. The van der Waals surface area contributed by atoms with E-state index >= 15 is 0 Å². The standard InChI is InChI=1S/C24H19NO2S2/c1-24(2)13-27-20-8-7-18(12-19(20)24)17-6-5-15-9-14(3-4-16(15)11-17)10-21-22(26)25-23(28)29-21/h3-12H,13H2,1-2H3,(H,25,26,28). The Hall–Kier alpha value is -2.63. The van der Waals surface area contributed by atoms with Gasteiger partial charge in [-0.15, -0.1) is 0 Å². The average Bonchev–Trinajstić information content (AvgIpc) is 3.18. The highest BCUT2D eigenvalue weighted by Crippen LogP contribution is 2.40. The fourth-order valence-electron chi connectivity index (χ4n) is 3.81. The first-order valence-corrected chi connectivity index (χ1v) is 10.7. The van der Waals surface area contributed by atoms with Gasteiger partial charge in [-0.05, 0) is 57.8 Å². The van der Waals surface area contributed by atoms with Crippen LogP contribution in [0.3, 0.4) is 0 Å². The predicted molar refractivity (Wildman–Crippen MR) is 124 cm³/mol. The van der Waals surface area contributed by atoms with Crippen LogP contribution in [0.15, 0.2) is 59.5 Å². The first-order valence-electron chi connectivity index (χ1n) is 9.45. The molecule has 2 aliphatic heterocycles. The maximum atomic E-state index is 11.9. The van der Waals surface area contributed by atoms with Crippen LogP contribution < -0.4 is 10.1 Å². The molecule has 0 atom stereocenters. The van der Waals surface area contributed by atoms with Crippen molar-refractivity contribution in [3.8, 4) is 16.9 Å². The zero-order chi connectivity index (χ0) is 20.2. The van der Waals surface area contributed by atoms with E-state index in [0.29, 0.717) is 9.23 Å². The maximum absolute atomic E-state index is 11.9. The third-order valence-corrected chi connectivity index (χ3v) is 6.60. The molecule has 2 aliphatic rings. The fraction of sp³-hybridized carbons (Fsp3) is 0.167. The van der Waals surface area contributed by atoms with Crippen molar-refractivity contribution >= 4 is 51.1 Å². The van der Waals surface area contributed by atoms with Crippen molar-refractivity contribution in [3.63, 3.8) is 0 Å². The molecule has 1 saturated heterocycles. The number of hydrogen-bond donors (Lipinski definition) is 1. The number of nitrogens with one attached hydrogen (secondary N) is 1. The molecule has 29 heavy (non-hydrogen) atoms. The summed E-state index contributed by atoms with van der Waals surface area (Å²) in [6.07, 6.45) is 1.88. The fourth-order valence-corrected chi connectivity index (χ4v) is 4.85. The van der Waals surface area contributed by atoms with E-state index < -0.39 is 0 Å². The first kappa shape index (κ1) is 18.4. The summed E-state index contributed by atoms with van der Waals surface area (Å²) in [5.74, 6) is 0.865. The quantitative estimate of drug-likeness (QED) is 0.431. The lowest BCUT2D eigenvalue weighted by atomic mass is 9.85. The second kappa shape index (κ2) is 6.71. The van der Waals surface area contributed by atoms with Crippen LogP contribution in [0, 0.1) is 0 Å². The lowest BCUT2D eigenvalue weighted by Gasteiger charge is -2.16. The summed E-state index contributed by atoms with van der Waals surface area (Å²) in [5.41, 5.74) is 4.68. The average molecular weight is 418 g/mol. The van der Waals surface area contributed by atoms with E-state index in [4.69, 9.17) is 17.0 Å². The SMILES string of the molecule is CC1(C)COc2ccc(-c3ccc4cc(C=C5SC(=S)NC5=O)ccc4c3)cc21. The summed E-state index contributed by atoms with van der Waals surface area (Å²) in [6.45, 7) is 5.16. The van der Waals surface area contributed by atoms with Gasteiger partial charge >= 0.3 is 0 Å². The Bertz CT molecular complexity index is 1230. The molecule has 1 N–H and O–H groups in total. The van der Waals surface area contributed by atoms with Crippen molar-refractivity contribution in [1.29, 1.82) is 0 Å². The van der Waals surface area contributed by atoms with Gasteiger partial charge in [0, 0.05) is 11.0 Å². The third-order valence-electron chi connectivity index (χ3n) is 5.43. The Kier molecular flexibility index (Phi) is 4.26. The second-order valence-electron chi connectivity index (χ2n) is 8.06. The van der Waals surface area contributed by atoms with Gasteiger partial charge in [0.25, 0.3) is 5.91 Å². The number of benzene rings is 3. The lowest BCUT2D eigenvalue weighted by molar-refractivity contribution is -0.115. The number of rotatable bonds is 2. The number of hydrogen-bond acceptors (Lipinski definition) is 4. The van der Waals surface area contributed by atoms with E-state index in [2.05, 4.69) is 67.7 Å². The zero-order valence-electron chi connectivity index (χ0n) is 16.1. The minimum atomic E-state index is -0.126. The Morgan fingerprint density at radius 1 is 1.03 bits per heavy atom. The number of carbonyl (C=O) groups excluding carboxylic acids is 1. The van der Waals surface area contributed by atoms with Crippen LogP contribution in [0.25, 0.3) is 28.0 Å². The van der Waals surface area contributed by atoms with Crippen LogP contribution >= 0.6 is 24.0 Å². The van der Waals surface area contributed by atoms with Crippen LogP contribution in [-0.4, -0.2) is 16.8 Å². The minimum Gasteiger partial charge on any atom is -0.492 e. The third kappa shape index (κ3) is 3.34. The monoisotopic (exact) mass is 417 g/mol. The van der Waals surface area contributed by atoms with Crippen molar-refractivity contribution in [2.75, 3.05) is 6.61 Å². The number of thioether (sulfide) groups is 1.